The van der Waals surface area contributed by atoms with Crippen molar-refractivity contribution in [3.8, 4) is 11.5 Å². The molecular formula is C22H23FN2O2. The molecule has 0 saturated heterocycles. The van der Waals surface area contributed by atoms with Gasteiger partial charge in [-0.2, -0.15) is 0 Å². The molecule has 1 unspecified atom stereocenters. The number of hydrogen-bond donors (Lipinski definition) is 0. The van der Waals surface area contributed by atoms with Crippen molar-refractivity contribution >= 4 is 0 Å². The summed E-state index contributed by atoms with van der Waals surface area (Å²) < 4.78 is 25.3. The second-order valence-electron chi connectivity index (χ2n) is 7.24. The van der Waals surface area contributed by atoms with Crippen LogP contribution in [0.1, 0.15) is 29.5 Å². The van der Waals surface area contributed by atoms with Crippen LogP contribution in [0.3, 0.4) is 0 Å². The third-order valence-electron chi connectivity index (χ3n) is 5.14. The van der Waals surface area contributed by atoms with Gasteiger partial charge in [0.05, 0.1) is 12.8 Å². The maximum atomic E-state index is 13.5. The zero-order valence-electron chi connectivity index (χ0n) is 15.6. The molecule has 0 fully saturated rings. The van der Waals surface area contributed by atoms with E-state index in [-0.39, 0.29) is 5.82 Å². The van der Waals surface area contributed by atoms with Crippen molar-refractivity contribution in [1.82, 2.24) is 9.88 Å². The van der Waals surface area contributed by atoms with E-state index in [0.717, 1.165) is 41.6 Å². The number of aromatic nitrogens is 1. The molecule has 0 bridgehead atoms. The number of fused-ring (bicyclic) bond motifs is 1. The molecule has 0 amide bonds. The van der Waals surface area contributed by atoms with Crippen LogP contribution < -0.4 is 0 Å². The maximum absolute atomic E-state index is 13.5. The Hall–Kier alpha value is -2.50. The number of rotatable bonds is 6. The first kappa shape index (κ1) is 17.9. The molecule has 0 radical (unpaired) electrons. The molecule has 0 saturated carbocycles. The number of hydrogen-bond acceptors (Lipinski definition) is 4. The van der Waals surface area contributed by atoms with Gasteiger partial charge in [-0.15, -0.1) is 0 Å². The van der Waals surface area contributed by atoms with Gasteiger partial charge in [0.15, 0.2) is 0 Å². The summed E-state index contributed by atoms with van der Waals surface area (Å²) in [5.74, 6) is 0.365. The van der Waals surface area contributed by atoms with Crippen LogP contribution in [0.5, 0.6) is 0 Å². The average molecular weight is 366 g/mol. The normalized spacial score (nSPS) is 18.8. The topological polar surface area (TPSA) is 38.5 Å². The summed E-state index contributed by atoms with van der Waals surface area (Å²) in [7, 11) is 4.13. The van der Waals surface area contributed by atoms with Crippen LogP contribution in [-0.4, -0.2) is 30.5 Å². The molecule has 3 aromatic rings. The minimum atomic E-state index is -0.547. The Balaban J connectivity index is 1.73. The molecule has 2 heterocycles. The van der Waals surface area contributed by atoms with Crippen LogP contribution in [0.4, 0.5) is 4.39 Å². The molecule has 1 atom stereocenters. The quantitative estimate of drug-likeness (QED) is 0.639. The van der Waals surface area contributed by atoms with Gasteiger partial charge in [0, 0.05) is 5.56 Å². The highest BCUT2D eigenvalue weighted by molar-refractivity contribution is 5.58. The minimum Gasteiger partial charge on any atom is -0.445 e. The van der Waals surface area contributed by atoms with Crippen molar-refractivity contribution in [3.63, 3.8) is 0 Å². The fourth-order valence-corrected chi connectivity index (χ4v) is 3.84. The molecule has 0 N–H and O–H groups in total. The third kappa shape index (κ3) is 3.40. The van der Waals surface area contributed by atoms with Crippen LogP contribution in [0.15, 0.2) is 59.3 Å². The zero-order valence-corrected chi connectivity index (χ0v) is 15.6. The molecule has 1 aromatic heterocycles. The van der Waals surface area contributed by atoms with Gasteiger partial charge in [-0.3, -0.25) is 0 Å². The lowest BCUT2D eigenvalue weighted by Gasteiger charge is -2.31. The van der Waals surface area contributed by atoms with Gasteiger partial charge in [-0.1, -0.05) is 18.2 Å². The van der Waals surface area contributed by atoms with E-state index in [0.29, 0.717) is 12.5 Å². The standard InChI is InChI=1S/C22H23FN2O2/c1-25(2)12-3-10-22(18-5-7-19(23)8-6-18)20-9-4-16(14-17(20)15-27-22)21-24-11-13-26-21/h4-9,11,13-14H,3,10,12,15H2,1-2H3. The van der Waals surface area contributed by atoms with Crippen molar-refractivity contribution in [2.24, 2.45) is 0 Å². The van der Waals surface area contributed by atoms with Gasteiger partial charge in [0.25, 0.3) is 0 Å². The minimum absolute atomic E-state index is 0.236. The monoisotopic (exact) mass is 366 g/mol. The molecule has 5 heteroatoms. The van der Waals surface area contributed by atoms with E-state index >= 15 is 0 Å². The van der Waals surface area contributed by atoms with Crippen LogP contribution in [0, 0.1) is 5.82 Å². The van der Waals surface area contributed by atoms with Gasteiger partial charge < -0.3 is 14.1 Å². The Kier molecular flexibility index (Phi) is 4.81. The summed E-state index contributed by atoms with van der Waals surface area (Å²) in [5.41, 5.74) is 3.65. The lowest BCUT2D eigenvalue weighted by Crippen LogP contribution is -2.28. The van der Waals surface area contributed by atoms with Crippen molar-refractivity contribution in [2.75, 3.05) is 20.6 Å². The van der Waals surface area contributed by atoms with Crippen LogP contribution in [0.25, 0.3) is 11.5 Å². The zero-order chi connectivity index (χ0) is 18.9. The Morgan fingerprint density at radius 2 is 1.96 bits per heavy atom. The molecule has 1 aliphatic rings. The van der Waals surface area contributed by atoms with E-state index in [2.05, 4.69) is 36.1 Å². The fraction of sp³-hybridized carbons (Fsp3) is 0.318. The smallest absolute Gasteiger partial charge is 0.225 e. The van der Waals surface area contributed by atoms with Gasteiger partial charge >= 0.3 is 0 Å². The summed E-state index contributed by atoms with van der Waals surface area (Å²) >= 11 is 0. The highest BCUT2D eigenvalue weighted by atomic mass is 19.1. The molecule has 0 aliphatic carbocycles. The fourth-order valence-electron chi connectivity index (χ4n) is 3.84. The Morgan fingerprint density at radius 3 is 2.67 bits per heavy atom. The number of benzene rings is 2. The molecule has 27 heavy (non-hydrogen) atoms. The first-order chi connectivity index (χ1) is 13.1. The summed E-state index contributed by atoms with van der Waals surface area (Å²) in [4.78, 5) is 6.40. The predicted molar refractivity (Wildman–Crippen MR) is 102 cm³/mol. The van der Waals surface area contributed by atoms with Gasteiger partial charge in [0.2, 0.25) is 5.89 Å². The molecule has 4 nitrogen and oxygen atoms in total. The second-order valence-corrected chi connectivity index (χ2v) is 7.24. The Labute approximate surface area is 158 Å². The van der Waals surface area contributed by atoms with Gasteiger partial charge in [0.1, 0.15) is 17.7 Å². The van der Waals surface area contributed by atoms with E-state index in [1.54, 1.807) is 12.5 Å². The second kappa shape index (κ2) is 7.25. The maximum Gasteiger partial charge on any atom is 0.225 e. The average Bonchev–Trinajstić information content (AvgIpc) is 3.31. The lowest BCUT2D eigenvalue weighted by molar-refractivity contribution is -0.0140. The molecule has 4 rings (SSSR count). The van der Waals surface area contributed by atoms with E-state index in [9.17, 15) is 4.39 Å². The van der Waals surface area contributed by atoms with Gasteiger partial charge in [-0.25, -0.2) is 9.37 Å². The molecule has 140 valence electrons. The predicted octanol–water partition coefficient (Wildman–Crippen LogP) is 4.60. The highest BCUT2D eigenvalue weighted by Crippen LogP contribution is 2.46. The summed E-state index contributed by atoms with van der Waals surface area (Å²) in [6, 6.07) is 12.9. The highest BCUT2D eigenvalue weighted by Gasteiger charge is 2.41. The number of halogens is 1. The van der Waals surface area contributed by atoms with Crippen molar-refractivity contribution in [2.45, 2.75) is 25.0 Å². The molecule has 2 aromatic carbocycles. The summed E-state index contributed by atoms with van der Waals surface area (Å²) in [6.45, 7) is 1.49. The number of nitrogens with zero attached hydrogens (tertiary/aromatic N) is 2. The van der Waals surface area contributed by atoms with Crippen molar-refractivity contribution in [3.05, 3.63) is 77.4 Å². The largest absolute Gasteiger partial charge is 0.445 e. The van der Waals surface area contributed by atoms with E-state index in [4.69, 9.17) is 9.15 Å². The Morgan fingerprint density at radius 1 is 1.15 bits per heavy atom. The van der Waals surface area contributed by atoms with Crippen molar-refractivity contribution in [1.29, 1.82) is 0 Å². The Bertz CT molecular complexity index is 907. The molecular weight excluding hydrogens is 343 g/mol. The first-order valence-electron chi connectivity index (χ1n) is 9.16. The summed E-state index contributed by atoms with van der Waals surface area (Å²) in [6.07, 6.45) is 5.03. The van der Waals surface area contributed by atoms with Crippen LogP contribution in [0.2, 0.25) is 0 Å². The van der Waals surface area contributed by atoms with Crippen LogP contribution in [-0.2, 0) is 16.9 Å². The van der Waals surface area contributed by atoms with E-state index in [1.807, 2.05) is 18.2 Å². The van der Waals surface area contributed by atoms with Gasteiger partial charge in [-0.05, 0) is 74.4 Å². The SMILES string of the molecule is CN(C)CCCC1(c2ccc(F)cc2)OCc2cc(-c3ncco3)ccc21. The first-order valence-corrected chi connectivity index (χ1v) is 9.16. The van der Waals surface area contributed by atoms with E-state index < -0.39 is 5.60 Å². The summed E-state index contributed by atoms with van der Waals surface area (Å²) in [5, 5.41) is 0. The third-order valence-corrected chi connectivity index (χ3v) is 5.14. The number of oxazole rings is 1. The van der Waals surface area contributed by atoms with E-state index in [1.165, 1.54) is 12.1 Å². The molecule has 0 spiro atoms. The molecule has 1 aliphatic heterocycles. The van der Waals surface area contributed by atoms with Crippen molar-refractivity contribution < 1.29 is 13.5 Å². The van der Waals surface area contributed by atoms with Crippen LogP contribution >= 0.6 is 0 Å². The number of ether oxygens (including phenoxy) is 1. The lowest BCUT2D eigenvalue weighted by atomic mass is 9.81.